The van der Waals surface area contributed by atoms with E-state index in [2.05, 4.69) is 10.6 Å². The Kier molecular flexibility index (Phi) is 6.46. The Bertz CT molecular complexity index is 832. The zero-order valence-corrected chi connectivity index (χ0v) is 15.7. The van der Waals surface area contributed by atoms with E-state index in [4.69, 9.17) is 0 Å². The Balaban J connectivity index is 2.00. The molecule has 0 aliphatic rings. The third-order valence-corrected chi connectivity index (χ3v) is 5.06. The van der Waals surface area contributed by atoms with E-state index in [1.165, 1.54) is 6.07 Å². The summed E-state index contributed by atoms with van der Waals surface area (Å²) in [6, 6.07) is 8.51. The van der Waals surface area contributed by atoms with Crippen LogP contribution >= 0.6 is 11.3 Å². The van der Waals surface area contributed by atoms with Gasteiger partial charge < -0.3 is 10.6 Å². The van der Waals surface area contributed by atoms with Gasteiger partial charge in [-0.3, -0.25) is 19.7 Å². The summed E-state index contributed by atoms with van der Waals surface area (Å²) in [5.74, 6) is -0.480. The lowest BCUT2D eigenvalue weighted by molar-refractivity contribution is -0.385. The van der Waals surface area contributed by atoms with Crippen molar-refractivity contribution < 1.29 is 14.5 Å². The van der Waals surface area contributed by atoms with Crippen LogP contribution in [0.15, 0.2) is 30.3 Å². The molecule has 0 saturated carbocycles. The van der Waals surface area contributed by atoms with E-state index in [1.807, 2.05) is 19.9 Å². The highest BCUT2D eigenvalue weighted by Crippen LogP contribution is 2.28. The molecule has 26 heavy (non-hydrogen) atoms. The van der Waals surface area contributed by atoms with Gasteiger partial charge in [0.1, 0.15) is 0 Å². The molecule has 0 radical (unpaired) electrons. The number of carbonyl (C=O) groups is 2. The lowest BCUT2D eigenvalue weighted by atomic mass is 10.1. The van der Waals surface area contributed by atoms with E-state index in [0.29, 0.717) is 15.4 Å². The van der Waals surface area contributed by atoms with E-state index in [1.54, 1.807) is 25.1 Å². The first-order valence-electron chi connectivity index (χ1n) is 8.24. The van der Waals surface area contributed by atoms with E-state index < -0.39 is 4.92 Å². The first kappa shape index (κ1) is 19.6. The largest absolute Gasteiger partial charge is 0.347 e. The monoisotopic (exact) mass is 375 g/mol. The highest BCUT2D eigenvalue weighted by molar-refractivity contribution is 7.14. The molecule has 1 heterocycles. The molecule has 2 aromatic rings. The Morgan fingerprint density at radius 3 is 2.65 bits per heavy atom. The van der Waals surface area contributed by atoms with Crippen LogP contribution in [0.5, 0.6) is 0 Å². The fourth-order valence-corrected chi connectivity index (χ4v) is 3.15. The van der Waals surface area contributed by atoms with Crippen LogP contribution in [0.1, 0.15) is 40.4 Å². The van der Waals surface area contributed by atoms with Gasteiger partial charge in [0.25, 0.3) is 11.6 Å². The Labute approximate surface area is 155 Å². The smallest absolute Gasteiger partial charge is 0.283 e. The van der Waals surface area contributed by atoms with Crippen LogP contribution in [0.3, 0.4) is 0 Å². The number of nitro groups is 1. The van der Waals surface area contributed by atoms with Gasteiger partial charge in [-0.25, -0.2) is 0 Å². The summed E-state index contributed by atoms with van der Waals surface area (Å²) in [6.45, 7) is 5.69. The van der Waals surface area contributed by atoms with Gasteiger partial charge in [-0.15, -0.1) is 11.3 Å². The number of aryl methyl sites for hydroxylation is 1. The third kappa shape index (κ3) is 4.89. The molecule has 1 aromatic heterocycles. The van der Waals surface area contributed by atoms with Gasteiger partial charge in [0.2, 0.25) is 5.91 Å². The fraction of sp³-hybridized carbons (Fsp3) is 0.333. The van der Waals surface area contributed by atoms with E-state index in [-0.39, 0.29) is 30.0 Å². The van der Waals surface area contributed by atoms with Gasteiger partial charge >= 0.3 is 0 Å². The van der Waals surface area contributed by atoms with E-state index in [9.17, 15) is 19.7 Å². The van der Waals surface area contributed by atoms with Crippen molar-refractivity contribution in [3.63, 3.8) is 0 Å². The molecule has 8 heteroatoms. The molecule has 0 bridgehead atoms. The number of benzene rings is 1. The summed E-state index contributed by atoms with van der Waals surface area (Å²) in [7, 11) is 0. The average molecular weight is 375 g/mol. The van der Waals surface area contributed by atoms with Gasteiger partial charge in [0.05, 0.1) is 14.7 Å². The Morgan fingerprint density at radius 1 is 1.31 bits per heavy atom. The van der Waals surface area contributed by atoms with Crippen molar-refractivity contribution >= 4 is 34.5 Å². The van der Waals surface area contributed by atoms with Gasteiger partial charge in [0, 0.05) is 24.2 Å². The summed E-state index contributed by atoms with van der Waals surface area (Å²) < 4.78 is 0. The maximum atomic E-state index is 12.2. The third-order valence-electron chi connectivity index (χ3n) is 4.02. The topological polar surface area (TPSA) is 101 Å². The molecule has 2 N–H and O–H groups in total. The second-order valence-corrected chi connectivity index (χ2v) is 7.25. The van der Waals surface area contributed by atoms with Crippen LogP contribution in [0.2, 0.25) is 0 Å². The zero-order chi connectivity index (χ0) is 19.3. The minimum Gasteiger partial charge on any atom is -0.347 e. The molecule has 0 aliphatic carbocycles. The molecule has 138 valence electrons. The first-order valence-corrected chi connectivity index (χ1v) is 9.06. The molecule has 0 saturated heterocycles. The van der Waals surface area contributed by atoms with E-state index in [0.717, 1.165) is 23.3 Å². The normalized spacial score (nSPS) is 11.7. The van der Waals surface area contributed by atoms with E-state index >= 15 is 0 Å². The number of anilines is 1. The van der Waals surface area contributed by atoms with Crippen LogP contribution < -0.4 is 10.6 Å². The molecular weight excluding hydrogens is 354 g/mol. The zero-order valence-electron chi connectivity index (χ0n) is 14.9. The van der Waals surface area contributed by atoms with Crippen LogP contribution in [0.4, 0.5) is 11.4 Å². The number of nitrogens with zero attached hydrogens (tertiary/aromatic N) is 1. The summed E-state index contributed by atoms with van der Waals surface area (Å²) in [6.07, 6.45) is 0.758. The molecule has 7 nitrogen and oxygen atoms in total. The lowest BCUT2D eigenvalue weighted by Gasteiger charge is -2.11. The van der Waals surface area contributed by atoms with Crippen molar-refractivity contribution in [3.05, 3.63) is 55.8 Å². The molecule has 2 rings (SSSR count). The fourth-order valence-electron chi connectivity index (χ4n) is 2.24. The standard InChI is InChI=1S/C18H21N3O4S/c1-4-11(2)17(22)20-14-7-5-6-13(8-14)10-19-18(23)16-9-15(21(24)25)12(3)26-16/h5-9,11H,4,10H2,1-3H3,(H,19,23)(H,20,22). The molecule has 2 amide bonds. The van der Waals surface area contributed by atoms with Gasteiger partial charge in [-0.2, -0.15) is 0 Å². The highest BCUT2D eigenvalue weighted by atomic mass is 32.1. The maximum absolute atomic E-state index is 12.2. The molecule has 0 aliphatic heterocycles. The molecule has 0 fully saturated rings. The second kappa shape index (κ2) is 8.57. The van der Waals surface area contributed by atoms with Crippen LogP contribution in [-0.4, -0.2) is 16.7 Å². The van der Waals surface area contributed by atoms with Crippen molar-refractivity contribution in [2.24, 2.45) is 5.92 Å². The van der Waals surface area contributed by atoms with Crippen LogP contribution in [-0.2, 0) is 11.3 Å². The number of rotatable bonds is 7. The molecule has 0 spiro atoms. The first-order chi connectivity index (χ1) is 12.3. The summed E-state index contributed by atoms with van der Waals surface area (Å²) in [5, 5.41) is 16.5. The number of amides is 2. The Morgan fingerprint density at radius 2 is 2.04 bits per heavy atom. The van der Waals surface area contributed by atoms with Crippen molar-refractivity contribution in [2.75, 3.05) is 5.32 Å². The molecule has 1 aromatic carbocycles. The SMILES string of the molecule is CCC(C)C(=O)Nc1cccc(CNC(=O)c2cc([N+](=O)[O-])c(C)s2)c1. The minimum atomic E-state index is -0.494. The predicted octanol–water partition coefficient (Wildman–Crippen LogP) is 3.88. The van der Waals surface area contributed by atoms with Gasteiger partial charge in [-0.1, -0.05) is 26.0 Å². The number of thiophene rings is 1. The minimum absolute atomic E-state index is 0.0462. The quantitative estimate of drug-likeness (QED) is 0.566. The number of nitrogens with one attached hydrogen (secondary N) is 2. The van der Waals surface area contributed by atoms with Crippen LogP contribution in [0, 0.1) is 23.0 Å². The number of hydrogen-bond donors (Lipinski definition) is 2. The van der Waals surface area contributed by atoms with Gasteiger partial charge in [0.15, 0.2) is 0 Å². The number of hydrogen-bond acceptors (Lipinski definition) is 5. The second-order valence-electron chi connectivity index (χ2n) is 5.99. The van der Waals surface area contributed by atoms with Crippen molar-refractivity contribution in [1.82, 2.24) is 5.32 Å². The molecular formula is C18H21N3O4S. The highest BCUT2D eigenvalue weighted by Gasteiger charge is 2.19. The van der Waals surface area contributed by atoms with Crippen molar-refractivity contribution in [2.45, 2.75) is 33.7 Å². The summed E-state index contributed by atoms with van der Waals surface area (Å²) in [4.78, 5) is 35.3. The van der Waals surface area contributed by atoms with Crippen LogP contribution in [0.25, 0.3) is 0 Å². The van der Waals surface area contributed by atoms with Crippen molar-refractivity contribution in [3.8, 4) is 0 Å². The number of carbonyl (C=O) groups excluding carboxylic acids is 2. The molecule has 1 atom stereocenters. The molecule has 1 unspecified atom stereocenters. The summed E-state index contributed by atoms with van der Waals surface area (Å²) >= 11 is 1.09. The van der Waals surface area contributed by atoms with Crippen molar-refractivity contribution in [1.29, 1.82) is 0 Å². The Hall–Kier alpha value is -2.74. The lowest BCUT2D eigenvalue weighted by Crippen LogP contribution is -2.22. The predicted molar refractivity (Wildman–Crippen MR) is 101 cm³/mol. The van der Waals surface area contributed by atoms with Gasteiger partial charge in [-0.05, 0) is 31.0 Å². The maximum Gasteiger partial charge on any atom is 0.283 e. The average Bonchev–Trinajstić information content (AvgIpc) is 3.01. The summed E-state index contributed by atoms with van der Waals surface area (Å²) in [5.41, 5.74) is 1.45.